The highest BCUT2D eigenvalue weighted by Gasteiger charge is 2.12. The van der Waals surface area contributed by atoms with Crippen LogP contribution in [0.15, 0.2) is 29.6 Å². The summed E-state index contributed by atoms with van der Waals surface area (Å²) < 4.78 is 0. The summed E-state index contributed by atoms with van der Waals surface area (Å²) in [5.41, 5.74) is 6.28. The van der Waals surface area contributed by atoms with E-state index in [0.29, 0.717) is 6.54 Å². The molecule has 0 aliphatic heterocycles. The predicted molar refractivity (Wildman–Crippen MR) is 81.2 cm³/mol. The summed E-state index contributed by atoms with van der Waals surface area (Å²) in [7, 11) is 0. The van der Waals surface area contributed by atoms with Crippen molar-refractivity contribution in [3.05, 3.63) is 45.6 Å². The van der Waals surface area contributed by atoms with Crippen molar-refractivity contribution in [3.8, 4) is 23.3 Å². The third-order valence-corrected chi connectivity index (χ3v) is 3.63. The Morgan fingerprint density at radius 3 is 2.86 bits per heavy atom. The normalized spacial score (nSPS) is 9.76. The van der Waals surface area contributed by atoms with Crippen LogP contribution < -0.4 is 11.1 Å². The molecule has 2 rings (SSSR count). The van der Waals surface area contributed by atoms with Gasteiger partial charge in [-0.25, -0.2) is 0 Å². The first kappa shape index (κ1) is 14.9. The van der Waals surface area contributed by atoms with E-state index in [4.69, 9.17) is 5.73 Å². The Bertz CT molecular complexity index is 713. The van der Waals surface area contributed by atoms with E-state index in [9.17, 15) is 15.0 Å². The van der Waals surface area contributed by atoms with Crippen LogP contribution in [0.2, 0.25) is 0 Å². The number of rotatable bonds is 3. The van der Waals surface area contributed by atoms with Crippen molar-refractivity contribution in [2.75, 3.05) is 6.54 Å². The maximum atomic E-state index is 12.0. The van der Waals surface area contributed by atoms with Crippen molar-refractivity contribution >= 4 is 17.2 Å². The highest BCUT2D eigenvalue weighted by molar-refractivity contribution is 7.10. The van der Waals surface area contributed by atoms with E-state index in [1.165, 1.54) is 23.5 Å². The molecule has 1 amide bonds. The van der Waals surface area contributed by atoms with E-state index in [0.717, 1.165) is 16.5 Å². The Hall–Kier alpha value is -2.49. The number of hydrogen-bond donors (Lipinski definition) is 4. The summed E-state index contributed by atoms with van der Waals surface area (Å²) in [6, 6.07) is 5.70. The first-order chi connectivity index (χ1) is 10.1. The number of aromatic hydroxyl groups is 2. The van der Waals surface area contributed by atoms with Crippen LogP contribution in [0.25, 0.3) is 0 Å². The molecule has 6 heteroatoms. The molecular formula is C15H14N2O3S. The van der Waals surface area contributed by atoms with Crippen molar-refractivity contribution in [1.29, 1.82) is 0 Å². The van der Waals surface area contributed by atoms with Gasteiger partial charge in [0.05, 0.1) is 18.7 Å². The van der Waals surface area contributed by atoms with Gasteiger partial charge in [0.25, 0.3) is 5.91 Å². The average molecular weight is 302 g/mol. The number of nitrogens with one attached hydrogen (secondary N) is 1. The second-order valence-electron chi connectivity index (χ2n) is 4.15. The van der Waals surface area contributed by atoms with E-state index < -0.39 is 5.91 Å². The van der Waals surface area contributed by atoms with Gasteiger partial charge in [-0.05, 0) is 23.6 Å². The van der Waals surface area contributed by atoms with Crippen molar-refractivity contribution in [1.82, 2.24) is 5.32 Å². The summed E-state index contributed by atoms with van der Waals surface area (Å²) in [6.45, 7) is 0.592. The fourth-order valence-electron chi connectivity index (χ4n) is 1.70. The number of phenolic OH excluding ortho intramolecular Hbond substituents is 2. The van der Waals surface area contributed by atoms with E-state index >= 15 is 0 Å². The minimum Gasteiger partial charge on any atom is -0.508 e. The fourth-order valence-corrected chi connectivity index (χ4v) is 2.47. The molecule has 0 aliphatic carbocycles. The van der Waals surface area contributed by atoms with Gasteiger partial charge >= 0.3 is 0 Å². The molecule has 2 aromatic rings. The van der Waals surface area contributed by atoms with Crippen molar-refractivity contribution in [3.63, 3.8) is 0 Å². The van der Waals surface area contributed by atoms with Crippen molar-refractivity contribution in [2.45, 2.75) is 6.54 Å². The molecule has 1 aromatic carbocycles. The van der Waals surface area contributed by atoms with Gasteiger partial charge in [0.1, 0.15) is 11.5 Å². The van der Waals surface area contributed by atoms with Gasteiger partial charge in [-0.1, -0.05) is 11.8 Å². The van der Waals surface area contributed by atoms with Gasteiger partial charge in [0, 0.05) is 16.5 Å². The Morgan fingerprint density at radius 2 is 2.14 bits per heavy atom. The summed E-state index contributed by atoms with van der Waals surface area (Å²) in [6.07, 6.45) is 0. The molecule has 5 N–H and O–H groups in total. The number of carbonyl (C=O) groups is 1. The molecule has 0 fully saturated rings. The second-order valence-corrected chi connectivity index (χ2v) is 5.15. The van der Waals surface area contributed by atoms with E-state index in [2.05, 4.69) is 17.2 Å². The van der Waals surface area contributed by atoms with Crippen LogP contribution in [0, 0.1) is 11.8 Å². The largest absolute Gasteiger partial charge is 0.508 e. The van der Waals surface area contributed by atoms with Crippen LogP contribution in [0.1, 0.15) is 20.8 Å². The van der Waals surface area contributed by atoms with E-state index in [1.807, 2.05) is 11.4 Å². The molecule has 0 bridgehead atoms. The molecule has 5 nitrogen and oxygen atoms in total. The minimum atomic E-state index is -0.418. The van der Waals surface area contributed by atoms with Gasteiger partial charge in [-0.2, -0.15) is 0 Å². The topological polar surface area (TPSA) is 95.6 Å². The molecule has 0 saturated heterocycles. The van der Waals surface area contributed by atoms with Crippen LogP contribution in [0.3, 0.4) is 0 Å². The highest BCUT2D eigenvalue weighted by atomic mass is 32.1. The van der Waals surface area contributed by atoms with Gasteiger partial charge < -0.3 is 21.3 Å². The Labute approximate surface area is 126 Å². The van der Waals surface area contributed by atoms with Crippen LogP contribution in [0.5, 0.6) is 11.5 Å². The zero-order valence-electron chi connectivity index (χ0n) is 11.1. The maximum absolute atomic E-state index is 12.0. The number of nitrogens with two attached hydrogens (primary N) is 1. The highest BCUT2D eigenvalue weighted by Crippen LogP contribution is 2.22. The number of hydrogen-bond acceptors (Lipinski definition) is 5. The third-order valence-electron chi connectivity index (χ3n) is 2.71. The molecule has 0 unspecified atom stereocenters. The zero-order chi connectivity index (χ0) is 15.2. The van der Waals surface area contributed by atoms with Crippen LogP contribution in [-0.2, 0) is 6.54 Å². The summed E-state index contributed by atoms with van der Waals surface area (Å²) in [5, 5.41) is 23.4. The summed E-state index contributed by atoms with van der Waals surface area (Å²) in [5.74, 6) is 4.93. The first-order valence-electron chi connectivity index (χ1n) is 6.17. The van der Waals surface area contributed by atoms with Gasteiger partial charge in [-0.15, -0.1) is 11.3 Å². The van der Waals surface area contributed by atoms with Gasteiger partial charge in [0.15, 0.2) is 0 Å². The number of thiophene rings is 1. The van der Waals surface area contributed by atoms with Crippen LogP contribution >= 0.6 is 11.3 Å². The molecule has 0 spiro atoms. The number of carbonyl (C=O) groups excluding carboxylic acids is 1. The molecule has 21 heavy (non-hydrogen) atoms. The Kier molecular flexibility index (Phi) is 4.82. The number of benzene rings is 1. The fraction of sp³-hybridized carbons (Fsp3) is 0.133. The minimum absolute atomic E-state index is 0.0957. The average Bonchev–Trinajstić information content (AvgIpc) is 2.90. The smallest absolute Gasteiger partial charge is 0.255 e. The quantitative estimate of drug-likeness (QED) is 0.644. The number of phenols is 2. The lowest BCUT2D eigenvalue weighted by Crippen LogP contribution is -2.22. The lowest BCUT2D eigenvalue weighted by atomic mass is 10.1. The maximum Gasteiger partial charge on any atom is 0.255 e. The standard InChI is InChI=1S/C15H14N2O3S/c16-6-1-2-10-5-7-21-14(10)9-17-15(20)12-4-3-11(18)8-13(12)19/h3-5,7-8,18-19H,6,9,16H2,(H,17,20). The molecule has 1 aromatic heterocycles. The molecule has 108 valence electrons. The summed E-state index contributed by atoms with van der Waals surface area (Å²) >= 11 is 1.48. The zero-order valence-corrected chi connectivity index (χ0v) is 11.9. The lowest BCUT2D eigenvalue weighted by Gasteiger charge is -2.06. The molecule has 0 saturated carbocycles. The lowest BCUT2D eigenvalue weighted by molar-refractivity contribution is 0.0948. The first-order valence-corrected chi connectivity index (χ1v) is 7.05. The third kappa shape index (κ3) is 3.75. The van der Waals surface area contributed by atoms with Crippen molar-refractivity contribution in [2.24, 2.45) is 5.73 Å². The van der Waals surface area contributed by atoms with Crippen LogP contribution in [0.4, 0.5) is 0 Å². The Morgan fingerprint density at radius 1 is 1.33 bits per heavy atom. The van der Waals surface area contributed by atoms with Gasteiger partial charge in [-0.3, -0.25) is 4.79 Å². The Balaban J connectivity index is 2.06. The van der Waals surface area contributed by atoms with E-state index in [1.54, 1.807) is 0 Å². The van der Waals surface area contributed by atoms with E-state index in [-0.39, 0.29) is 23.6 Å². The van der Waals surface area contributed by atoms with Crippen LogP contribution in [-0.4, -0.2) is 22.7 Å². The molecule has 0 aliphatic rings. The number of amides is 1. The molecule has 0 radical (unpaired) electrons. The molecule has 0 atom stereocenters. The molecule has 1 heterocycles. The summed E-state index contributed by atoms with van der Waals surface area (Å²) in [4.78, 5) is 12.9. The molecular weight excluding hydrogens is 288 g/mol. The predicted octanol–water partition coefficient (Wildman–Crippen LogP) is 1.40. The van der Waals surface area contributed by atoms with Gasteiger partial charge in [0.2, 0.25) is 0 Å². The SMILES string of the molecule is NCC#Cc1ccsc1CNC(=O)c1ccc(O)cc1O. The monoisotopic (exact) mass is 302 g/mol. The van der Waals surface area contributed by atoms with Crippen molar-refractivity contribution < 1.29 is 15.0 Å². The second kappa shape index (κ2) is 6.79.